The fourth-order valence-corrected chi connectivity index (χ4v) is 3.02. The van der Waals surface area contributed by atoms with Crippen molar-refractivity contribution in [2.45, 2.75) is 19.6 Å². The van der Waals surface area contributed by atoms with Crippen LogP contribution in [0.15, 0.2) is 53.3 Å². The summed E-state index contributed by atoms with van der Waals surface area (Å²) in [5.41, 5.74) is -1.31. The fourth-order valence-electron chi connectivity index (χ4n) is 3.02. The number of rotatable bonds is 4. The molecule has 0 aliphatic rings. The number of benzene rings is 2. The number of nitrogens with one attached hydrogen (secondary N) is 1. The minimum Gasteiger partial charge on any atom is -0.502 e. The lowest BCUT2D eigenvalue weighted by atomic mass is 10.0. The van der Waals surface area contributed by atoms with Crippen LogP contribution in [0, 0.1) is 12.7 Å². The van der Waals surface area contributed by atoms with Crippen molar-refractivity contribution in [2.75, 3.05) is 0 Å². The summed E-state index contributed by atoms with van der Waals surface area (Å²) in [5.74, 6) is -2.82. The topological polar surface area (TPSA) is 71.3 Å². The quantitative estimate of drug-likeness (QED) is 0.606. The first-order chi connectivity index (χ1) is 14.5. The molecule has 0 atom stereocenters. The SMILES string of the molecule is Cc1ccc(CNC(=O)c2cc(-c3cc(F)cc(C(F)(F)F)c3)n(C)c(=O)c2O)cc1. The third-order valence-electron chi connectivity index (χ3n) is 4.74. The molecule has 2 N–H and O–H groups in total. The summed E-state index contributed by atoms with van der Waals surface area (Å²) in [6.07, 6.45) is -4.80. The van der Waals surface area contributed by atoms with Gasteiger partial charge in [0.05, 0.1) is 16.8 Å². The van der Waals surface area contributed by atoms with Gasteiger partial charge in [0.1, 0.15) is 5.82 Å². The third kappa shape index (κ3) is 4.76. The smallest absolute Gasteiger partial charge is 0.416 e. The Morgan fingerprint density at radius 3 is 2.35 bits per heavy atom. The molecule has 3 rings (SSSR count). The molecule has 1 heterocycles. The van der Waals surface area contributed by atoms with Gasteiger partial charge >= 0.3 is 6.18 Å². The Morgan fingerprint density at radius 2 is 1.74 bits per heavy atom. The number of nitrogens with zero attached hydrogens (tertiary/aromatic N) is 1. The van der Waals surface area contributed by atoms with Gasteiger partial charge in [-0.2, -0.15) is 13.2 Å². The van der Waals surface area contributed by atoms with E-state index in [0.717, 1.165) is 27.8 Å². The highest BCUT2D eigenvalue weighted by Gasteiger charge is 2.32. The van der Waals surface area contributed by atoms with E-state index < -0.39 is 40.3 Å². The standard InChI is InChI=1S/C22H18F4N2O3/c1-12-3-5-13(6-4-12)11-27-20(30)17-10-18(28(2)21(31)19(17)29)14-7-15(22(24,25)26)9-16(23)8-14/h3-10,29H,11H2,1-2H3,(H,27,30). The maximum atomic E-state index is 13.8. The van der Waals surface area contributed by atoms with Gasteiger partial charge in [0.15, 0.2) is 5.75 Å². The number of carbonyl (C=O) groups is 1. The normalized spacial score (nSPS) is 11.4. The van der Waals surface area contributed by atoms with Crippen LogP contribution in [0.5, 0.6) is 5.75 Å². The highest BCUT2D eigenvalue weighted by molar-refractivity contribution is 5.97. The van der Waals surface area contributed by atoms with Crippen LogP contribution in [0.25, 0.3) is 11.3 Å². The molecule has 0 aliphatic heterocycles. The first kappa shape index (κ1) is 22.1. The Kier molecular flexibility index (Phi) is 5.88. The van der Waals surface area contributed by atoms with Crippen molar-refractivity contribution in [2.24, 2.45) is 7.05 Å². The van der Waals surface area contributed by atoms with E-state index in [1.54, 1.807) is 12.1 Å². The average molecular weight is 434 g/mol. The lowest BCUT2D eigenvalue weighted by molar-refractivity contribution is -0.137. The van der Waals surface area contributed by atoms with E-state index >= 15 is 0 Å². The van der Waals surface area contributed by atoms with Gasteiger partial charge in [-0.3, -0.25) is 9.59 Å². The van der Waals surface area contributed by atoms with Crippen molar-refractivity contribution >= 4 is 5.91 Å². The first-order valence-corrected chi connectivity index (χ1v) is 9.12. The molecule has 1 aromatic heterocycles. The number of aryl methyl sites for hydroxylation is 1. The Morgan fingerprint density at radius 1 is 1.10 bits per heavy atom. The minimum absolute atomic E-state index is 0.0985. The van der Waals surface area contributed by atoms with Crippen LogP contribution in [0.4, 0.5) is 17.6 Å². The number of pyridine rings is 1. The highest BCUT2D eigenvalue weighted by atomic mass is 19.4. The largest absolute Gasteiger partial charge is 0.502 e. The second kappa shape index (κ2) is 8.25. The Hall–Kier alpha value is -3.62. The van der Waals surface area contributed by atoms with Crippen LogP contribution in [-0.2, 0) is 19.8 Å². The van der Waals surface area contributed by atoms with Gasteiger partial charge in [0.25, 0.3) is 11.5 Å². The van der Waals surface area contributed by atoms with Crippen LogP contribution in [-0.4, -0.2) is 15.6 Å². The van der Waals surface area contributed by atoms with E-state index in [9.17, 15) is 32.3 Å². The van der Waals surface area contributed by atoms with Gasteiger partial charge in [-0.15, -0.1) is 0 Å². The Balaban J connectivity index is 2.01. The molecule has 0 bridgehead atoms. The lowest BCUT2D eigenvalue weighted by Crippen LogP contribution is -2.27. The maximum absolute atomic E-state index is 13.8. The van der Waals surface area contributed by atoms with Gasteiger partial charge < -0.3 is 15.0 Å². The first-order valence-electron chi connectivity index (χ1n) is 9.12. The predicted molar refractivity (Wildman–Crippen MR) is 106 cm³/mol. The van der Waals surface area contributed by atoms with Gasteiger partial charge in [0, 0.05) is 19.2 Å². The van der Waals surface area contributed by atoms with E-state index in [0.29, 0.717) is 12.1 Å². The molecule has 0 unspecified atom stereocenters. The number of alkyl halides is 3. The molecule has 0 saturated heterocycles. The molecule has 162 valence electrons. The van der Waals surface area contributed by atoms with E-state index in [1.807, 2.05) is 19.1 Å². The van der Waals surface area contributed by atoms with Gasteiger partial charge in [-0.1, -0.05) is 29.8 Å². The summed E-state index contributed by atoms with van der Waals surface area (Å²) in [4.78, 5) is 25.0. The summed E-state index contributed by atoms with van der Waals surface area (Å²) >= 11 is 0. The molecule has 1 amide bonds. The molecular weight excluding hydrogens is 416 g/mol. The van der Waals surface area contributed by atoms with Crippen LogP contribution in [0.1, 0.15) is 27.0 Å². The zero-order valence-electron chi connectivity index (χ0n) is 16.5. The number of hydrogen-bond acceptors (Lipinski definition) is 3. The molecule has 0 aliphatic carbocycles. The second-order valence-electron chi connectivity index (χ2n) is 7.05. The average Bonchev–Trinajstić information content (AvgIpc) is 2.70. The summed E-state index contributed by atoms with van der Waals surface area (Å²) in [5, 5.41) is 12.7. The van der Waals surface area contributed by atoms with Crippen molar-refractivity contribution in [3.8, 4) is 17.0 Å². The van der Waals surface area contributed by atoms with Crippen molar-refractivity contribution in [3.05, 3.63) is 87.0 Å². The van der Waals surface area contributed by atoms with Crippen LogP contribution >= 0.6 is 0 Å². The third-order valence-corrected chi connectivity index (χ3v) is 4.74. The summed E-state index contributed by atoms with van der Waals surface area (Å²) < 4.78 is 53.9. The molecule has 5 nitrogen and oxygen atoms in total. The molecule has 31 heavy (non-hydrogen) atoms. The molecule has 2 aromatic carbocycles. The second-order valence-corrected chi connectivity index (χ2v) is 7.05. The molecule has 9 heteroatoms. The van der Waals surface area contributed by atoms with E-state index in [2.05, 4.69) is 5.32 Å². The van der Waals surface area contributed by atoms with Crippen molar-refractivity contribution in [3.63, 3.8) is 0 Å². The van der Waals surface area contributed by atoms with Crippen LogP contribution in [0.3, 0.4) is 0 Å². The molecule has 3 aromatic rings. The van der Waals surface area contributed by atoms with Gasteiger partial charge in [0.2, 0.25) is 0 Å². The summed E-state index contributed by atoms with van der Waals surface area (Å²) in [6.45, 7) is 2.00. The molecule has 0 radical (unpaired) electrons. The summed E-state index contributed by atoms with van der Waals surface area (Å²) in [7, 11) is 1.20. The Labute approximate surface area is 174 Å². The molecule has 0 fully saturated rings. The zero-order valence-corrected chi connectivity index (χ0v) is 16.5. The maximum Gasteiger partial charge on any atom is 0.416 e. The zero-order chi connectivity index (χ0) is 22.9. The molecule has 0 spiro atoms. The van der Waals surface area contributed by atoms with E-state index in [-0.39, 0.29) is 17.8 Å². The van der Waals surface area contributed by atoms with E-state index in [4.69, 9.17) is 0 Å². The predicted octanol–water partition coefficient (Wildman–Crippen LogP) is 4.15. The number of halogens is 4. The van der Waals surface area contributed by atoms with Gasteiger partial charge in [-0.05, 0) is 36.8 Å². The van der Waals surface area contributed by atoms with Crippen LogP contribution < -0.4 is 10.9 Å². The summed E-state index contributed by atoms with van der Waals surface area (Å²) in [6, 6.07) is 10.1. The van der Waals surface area contributed by atoms with Gasteiger partial charge in [-0.25, -0.2) is 4.39 Å². The number of hydrogen-bond donors (Lipinski definition) is 2. The fraction of sp³-hybridized carbons (Fsp3) is 0.182. The number of carbonyl (C=O) groups excluding carboxylic acids is 1. The van der Waals surface area contributed by atoms with Crippen molar-refractivity contribution < 1.29 is 27.5 Å². The molecule has 0 saturated carbocycles. The van der Waals surface area contributed by atoms with Crippen molar-refractivity contribution in [1.29, 1.82) is 0 Å². The molecular formula is C22H18F4N2O3. The number of aromatic hydroxyl groups is 1. The number of amides is 1. The van der Waals surface area contributed by atoms with E-state index in [1.165, 1.54) is 7.05 Å². The monoisotopic (exact) mass is 434 g/mol. The van der Waals surface area contributed by atoms with Crippen LogP contribution in [0.2, 0.25) is 0 Å². The highest BCUT2D eigenvalue weighted by Crippen LogP contribution is 2.33. The minimum atomic E-state index is -4.80. The van der Waals surface area contributed by atoms with Crippen molar-refractivity contribution in [1.82, 2.24) is 9.88 Å². The lowest BCUT2D eigenvalue weighted by Gasteiger charge is -2.15. The number of aromatic nitrogens is 1. The Bertz CT molecular complexity index is 1200.